The number of hydrogen-bond donors (Lipinski definition) is 5. The largest absolute Gasteiger partial charge is 0.508 e. The van der Waals surface area contributed by atoms with E-state index in [0.29, 0.717) is 26.2 Å². The van der Waals surface area contributed by atoms with E-state index in [1.165, 1.54) is 12.4 Å². The van der Waals surface area contributed by atoms with Crippen molar-refractivity contribution in [1.29, 1.82) is 0 Å². The molecule has 160 valence electrons. The minimum absolute atomic E-state index is 0.231. The number of nitrogens with one attached hydrogen (secondary N) is 2. The van der Waals surface area contributed by atoms with Gasteiger partial charge in [0.25, 0.3) is 5.91 Å². The molecule has 0 aromatic heterocycles. The molecule has 1 aliphatic heterocycles. The van der Waals surface area contributed by atoms with Crippen molar-refractivity contribution in [2.24, 2.45) is 0 Å². The molecule has 2 atom stereocenters. The van der Waals surface area contributed by atoms with Crippen molar-refractivity contribution in [3.05, 3.63) is 48.5 Å². The number of carbonyl (C=O) groups is 2. The second-order valence-corrected chi connectivity index (χ2v) is 7.21. The van der Waals surface area contributed by atoms with Crippen LogP contribution in [0.2, 0.25) is 0 Å². The quantitative estimate of drug-likeness (QED) is 0.369. The van der Waals surface area contributed by atoms with E-state index in [2.05, 4.69) is 10.2 Å². The molecule has 0 aliphatic carbocycles. The fourth-order valence-corrected chi connectivity index (χ4v) is 3.39. The van der Waals surface area contributed by atoms with Crippen LogP contribution in [-0.2, 0) is 4.79 Å². The van der Waals surface area contributed by atoms with Crippen LogP contribution in [-0.4, -0.2) is 70.6 Å². The lowest BCUT2D eigenvalue weighted by Gasteiger charge is -2.36. The summed E-state index contributed by atoms with van der Waals surface area (Å²) in [7, 11) is 0. The van der Waals surface area contributed by atoms with Crippen LogP contribution in [0, 0.1) is 0 Å². The SMILES string of the molecule is C[C@@H](O)[C@H](NC(=O)N1CCN(c2ccc(-c3ccc(O)cc3)cc2)CC1)C(=O)NO. The van der Waals surface area contributed by atoms with Gasteiger partial charge in [0.2, 0.25) is 0 Å². The standard InChI is InChI=1S/C21H26N4O5/c1-14(26)19(20(28)23-30)22-21(29)25-12-10-24(11-13-25)17-6-2-15(3-7-17)16-4-8-18(27)9-5-16/h2-9,14,19,26-27,30H,10-13H2,1H3,(H,22,29)(H,23,28)/t14-,19+/m1/s1. The monoisotopic (exact) mass is 414 g/mol. The topological polar surface area (TPSA) is 125 Å². The van der Waals surface area contributed by atoms with Gasteiger partial charge in [-0.1, -0.05) is 24.3 Å². The molecule has 0 radical (unpaired) electrons. The zero-order valence-corrected chi connectivity index (χ0v) is 16.7. The Labute approximate surface area is 174 Å². The first kappa shape index (κ1) is 21.4. The summed E-state index contributed by atoms with van der Waals surface area (Å²) in [5, 5.41) is 30.3. The molecule has 0 unspecified atom stereocenters. The van der Waals surface area contributed by atoms with E-state index in [-0.39, 0.29) is 5.75 Å². The van der Waals surface area contributed by atoms with Crippen LogP contribution < -0.4 is 15.7 Å². The molecule has 1 aliphatic rings. The summed E-state index contributed by atoms with van der Waals surface area (Å²) in [6, 6.07) is 13.4. The first-order valence-corrected chi connectivity index (χ1v) is 9.71. The van der Waals surface area contributed by atoms with Gasteiger partial charge >= 0.3 is 6.03 Å². The first-order valence-electron chi connectivity index (χ1n) is 9.71. The zero-order valence-electron chi connectivity index (χ0n) is 16.7. The molecular weight excluding hydrogens is 388 g/mol. The number of hydroxylamine groups is 1. The lowest BCUT2D eigenvalue weighted by atomic mass is 10.0. The average Bonchev–Trinajstić information content (AvgIpc) is 2.77. The molecule has 2 aromatic rings. The minimum atomic E-state index is -1.23. The third kappa shape index (κ3) is 5.00. The number of aliphatic hydroxyl groups excluding tert-OH is 1. The van der Waals surface area contributed by atoms with Crippen LogP contribution in [0.1, 0.15) is 6.92 Å². The molecular formula is C21H26N4O5. The van der Waals surface area contributed by atoms with Crippen molar-refractivity contribution in [3.63, 3.8) is 0 Å². The van der Waals surface area contributed by atoms with Crippen LogP contribution in [0.4, 0.5) is 10.5 Å². The van der Waals surface area contributed by atoms with Gasteiger partial charge in [-0.2, -0.15) is 0 Å². The molecule has 1 heterocycles. The number of rotatable bonds is 5. The summed E-state index contributed by atoms with van der Waals surface area (Å²) >= 11 is 0. The molecule has 1 saturated heterocycles. The maximum atomic E-state index is 12.4. The second-order valence-electron chi connectivity index (χ2n) is 7.21. The maximum Gasteiger partial charge on any atom is 0.318 e. The number of hydrogen-bond acceptors (Lipinski definition) is 6. The van der Waals surface area contributed by atoms with Crippen LogP contribution in [0.15, 0.2) is 48.5 Å². The van der Waals surface area contributed by atoms with E-state index in [9.17, 15) is 19.8 Å². The van der Waals surface area contributed by atoms with Gasteiger partial charge < -0.3 is 25.3 Å². The smallest absolute Gasteiger partial charge is 0.318 e. The van der Waals surface area contributed by atoms with Gasteiger partial charge in [-0.05, 0) is 42.3 Å². The van der Waals surface area contributed by atoms with Gasteiger partial charge in [-0.15, -0.1) is 0 Å². The number of anilines is 1. The number of carbonyl (C=O) groups excluding carboxylic acids is 2. The van der Waals surface area contributed by atoms with Crippen molar-refractivity contribution in [2.45, 2.75) is 19.1 Å². The van der Waals surface area contributed by atoms with E-state index in [0.717, 1.165) is 16.8 Å². The highest BCUT2D eigenvalue weighted by Crippen LogP contribution is 2.25. The number of phenolic OH excluding ortho intramolecular Hbond substituents is 1. The van der Waals surface area contributed by atoms with Crippen LogP contribution in [0.5, 0.6) is 5.75 Å². The number of nitrogens with zero attached hydrogens (tertiary/aromatic N) is 2. The molecule has 3 amide bonds. The van der Waals surface area contributed by atoms with Crippen LogP contribution in [0.3, 0.4) is 0 Å². The maximum absolute atomic E-state index is 12.4. The number of phenols is 1. The van der Waals surface area contributed by atoms with Gasteiger partial charge in [0, 0.05) is 31.9 Å². The van der Waals surface area contributed by atoms with Crippen molar-refractivity contribution in [3.8, 4) is 16.9 Å². The van der Waals surface area contributed by atoms with Crippen LogP contribution >= 0.6 is 0 Å². The molecule has 0 spiro atoms. The van der Waals surface area contributed by atoms with Crippen molar-refractivity contribution >= 4 is 17.6 Å². The zero-order chi connectivity index (χ0) is 21.7. The molecule has 0 bridgehead atoms. The molecule has 0 saturated carbocycles. The van der Waals surface area contributed by atoms with Gasteiger partial charge in [0.15, 0.2) is 0 Å². The summed E-state index contributed by atoms with van der Waals surface area (Å²) in [5.74, 6) is -0.639. The third-order valence-corrected chi connectivity index (χ3v) is 5.15. The highest BCUT2D eigenvalue weighted by atomic mass is 16.5. The highest BCUT2D eigenvalue weighted by molar-refractivity contribution is 5.87. The van der Waals surface area contributed by atoms with E-state index in [1.807, 2.05) is 36.4 Å². The summed E-state index contributed by atoms with van der Waals surface area (Å²) < 4.78 is 0. The predicted octanol–water partition coefficient (Wildman–Crippen LogP) is 1.15. The number of piperazine rings is 1. The Hall–Kier alpha value is -3.30. The first-order chi connectivity index (χ1) is 14.4. The number of amides is 3. The Bertz CT molecular complexity index is 862. The Balaban J connectivity index is 1.56. The molecule has 1 fully saturated rings. The number of aromatic hydroxyl groups is 1. The van der Waals surface area contributed by atoms with Crippen molar-refractivity contribution in [2.75, 3.05) is 31.1 Å². The normalized spacial score (nSPS) is 16.0. The second kappa shape index (κ2) is 9.47. The molecule has 30 heavy (non-hydrogen) atoms. The van der Waals surface area contributed by atoms with E-state index in [4.69, 9.17) is 5.21 Å². The lowest BCUT2D eigenvalue weighted by Crippen LogP contribution is -2.58. The van der Waals surface area contributed by atoms with E-state index < -0.39 is 24.1 Å². The molecule has 9 heteroatoms. The third-order valence-electron chi connectivity index (χ3n) is 5.15. The molecule has 2 aromatic carbocycles. The van der Waals surface area contributed by atoms with Gasteiger partial charge in [-0.25, -0.2) is 10.3 Å². The average molecular weight is 414 g/mol. The molecule has 5 N–H and O–H groups in total. The van der Waals surface area contributed by atoms with Crippen molar-refractivity contribution in [1.82, 2.24) is 15.7 Å². The predicted molar refractivity (Wildman–Crippen MR) is 111 cm³/mol. The highest BCUT2D eigenvalue weighted by Gasteiger charge is 2.29. The Kier molecular flexibility index (Phi) is 6.76. The minimum Gasteiger partial charge on any atom is -0.508 e. The summed E-state index contributed by atoms with van der Waals surface area (Å²) in [5.41, 5.74) is 4.55. The summed E-state index contributed by atoms with van der Waals surface area (Å²) in [6.07, 6.45) is -1.14. The Morgan fingerprint density at radius 2 is 1.47 bits per heavy atom. The fraction of sp³-hybridized carbons (Fsp3) is 0.333. The van der Waals surface area contributed by atoms with E-state index in [1.54, 1.807) is 17.0 Å². The lowest BCUT2D eigenvalue weighted by molar-refractivity contribution is -0.133. The van der Waals surface area contributed by atoms with Crippen LogP contribution in [0.25, 0.3) is 11.1 Å². The Morgan fingerprint density at radius 1 is 0.933 bits per heavy atom. The van der Waals surface area contributed by atoms with Gasteiger partial charge in [0.1, 0.15) is 11.8 Å². The van der Waals surface area contributed by atoms with Gasteiger partial charge in [0.05, 0.1) is 6.10 Å². The molecule has 3 rings (SSSR count). The molecule has 9 nitrogen and oxygen atoms in total. The Morgan fingerprint density at radius 3 is 1.97 bits per heavy atom. The fourth-order valence-electron chi connectivity index (χ4n) is 3.39. The number of benzene rings is 2. The van der Waals surface area contributed by atoms with Crippen molar-refractivity contribution < 1.29 is 25.0 Å². The number of urea groups is 1. The van der Waals surface area contributed by atoms with Gasteiger partial charge in [-0.3, -0.25) is 10.0 Å². The van der Waals surface area contributed by atoms with E-state index >= 15 is 0 Å². The summed E-state index contributed by atoms with van der Waals surface area (Å²) in [6.45, 7) is 3.52. The summed E-state index contributed by atoms with van der Waals surface area (Å²) in [4.78, 5) is 27.7. The number of aliphatic hydroxyl groups is 1.